The van der Waals surface area contributed by atoms with Gasteiger partial charge in [-0.25, -0.2) is 9.78 Å². The highest BCUT2D eigenvalue weighted by Crippen LogP contribution is 2.04. The summed E-state index contributed by atoms with van der Waals surface area (Å²) in [6, 6.07) is -5.20. The topological polar surface area (TPSA) is 220 Å². The minimum atomic E-state index is -1.46. The van der Waals surface area contributed by atoms with Crippen molar-refractivity contribution in [3.63, 3.8) is 0 Å². The van der Waals surface area contributed by atoms with Crippen molar-refractivity contribution in [1.29, 1.82) is 0 Å². The quantitative estimate of drug-likeness (QED) is 0.163. The number of carbonyl (C=O) groups is 4. The first-order valence-electron chi connectivity index (χ1n) is 9.63. The summed E-state index contributed by atoms with van der Waals surface area (Å²) in [7, 11) is 0. The van der Waals surface area contributed by atoms with Crippen LogP contribution in [0.1, 0.15) is 26.5 Å². The third-order valence-electron chi connectivity index (χ3n) is 4.48. The second-order valence-electron chi connectivity index (χ2n) is 7.42. The van der Waals surface area contributed by atoms with Crippen molar-refractivity contribution < 1.29 is 34.5 Å². The van der Waals surface area contributed by atoms with Gasteiger partial charge < -0.3 is 42.0 Å². The molecule has 1 rings (SSSR count). The van der Waals surface area contributed by atoms with E-state index in [1.54, 1.807) is 13.8 Å². The van der Waals surface area contributed by atoms with Crippen molar-refractivity contribution in [2.45, 2.75) is 57.5 Å². The van der Waals surface area contributed by atoms with Gasteiger partial charge in [0, 0.05) is 18.3 Å². The number of carboxylic acid groups (broad SMARTS) is 1. The normalized spacial score (nSPS) is 16.0. The molecule has 0 bridgehead atoms. The molecule has 5 atom stereocenters. The third-order valence-corrected chi connectivity index (χ3v) is 4.48. The number of imidazole rings is 1. The molecule has 0 aliphatic heterocycles. The number of hydrogen-bond donors (Lipinski definition) is 8. The van der Waals surface area contributed by atoms with Crippen LogP contribution in [-0.4, -0.2) is 85.9 Å². The Morgan fingerprint density at radius 1 is 1.06 bits per heavy atom. The van der Waals surface area contributed by atoms with Gasteiger partial charge in [-0.05, 0) is 12.8 Å². The van der Waals surface area contributed by atoms with Crippen LogP contribution in [0.2, 0.25) is 0 Å². The molecule has 1 aromatic rings. The Kier molecular flexibility index (Phi) is 10.0. The maximum atomic E-state index is 12.8. The first-order valence-corrected chi connectivity index (χ1v) is 9.63. The van der Waals surface area contributed by atoms with E-state index in [9.17, 15) is 34.5 Å². The standard InChI is InChI=1S/C18H30N6O7/c1-8(2)14(18(30)31)24-16(28)12(6-25)23-15(27)11(4-10-5-20-7-21-10)22-17(29)13(19)9(3)26/h5,7-9,11-14,25-26H,4,6,19H2,1-3H3,(H,20,21)(H,22,29)(H,23,27)(H,24,28)(H,30,31). The smallest absolute Gasteiger partial charge is 0.326 e. The van der Waals surface area contributed by atoms with Crippen LogP contribution in [0.4, 0.5) is 0 Å². The average molecular weight is 442 g/mol. The molecule has 0 radical (unpaired) electrons. The minimum absolute atomic E-state index is 0.0480. The molecule has 0 aromatic carbocycles. The fourth-order valence-electron chi connectivity index (χ4n) is 2.55. The molecule has 0 saturated heterocycles. The number of hydrogen-bond acceptors (Lipinski definition) is 8. The number of nitrogens with one attached hydrogen (secondary N) is 4. The number of nitrogens with zero attached hydrogens (tertiary/aromatic N) is 1. The van der Waals surface area contributed by atoms with Gasteiger partial charge in [0.1, 0.15) is 24.2 Å². The Morgan fingerprint density at radius 3 is 2.10 bits per heavy atom. The van der Waals surface area contributed by atoms with Gasteiger partial charge in [-0.3, -0.25) is 14.4 Å². The maximum Gasteiger partial charge on any atom is 0.326 e. The lowest BCUT2D eigenvalue weighted by Crippen LogP contribution is -2.59. The van der Waals surface area contributed by atoms with Crippen LogP contribution < -0.4 is 21.7 Å². The second-order valence-corrected chi connectivity index (χ2v) is 7.42. The van der Waals surface area contributed by atoms with E-state index < -0.39 is 66.5 Å². The van der Waals surface area contributed by atoms with Crippen molar-refractivity contribution in [1.82, 2.24) is 25.9 Å². The Bertz CT molecular complexity index is 753. The van der Waals surface area contributed by atoms with E-state index in [1.165, 1.54) is 19.4 Å². The summed E-state index contributed by atoms with van der Waals surface area (Å²) in [5.41, 5.74) is 6.08. The Morgan fingerprint density at radius 2 is 1.65 bits per heavy atom. The van der Waals surface area contributed by atoms with Crippen LogP contribution >= 0.6 is 0 Å². The highest BCUT2D eigenvalue weighted by molar-refractivity contribution is 5.94. The summed E-state index contributed by atoms with van der Waals surface area (Å²) in [5.74, 6) is -4.23. The molecular formula is C18H30N6O7. The van der Waals surface area contributed by atoms with Crippen LogP contribution in [0.15, 0.2) is 12.5 Å². The Labute approximate surface area is 178 Å². The van der Waals surface area contributed by atoms with Crippen LogP contribution in [0.5, 0.6) is 0 Å². The van der Waals surface area contributed by atoms with E-state index in [1.807, 2.05) is 0 Å². The molecule has 0 fully saturated rings. The summed E-state index contributed by atoms with van der Waals surface area (Å²) in [4.78, 5) is 55.2. The Balaban J connectivity index is 2.94. The zero-order valence-electron chi connectivity index (χ0n) is 17.5. The molecule has 31 heavy (non-hydrogen) atoms. The predicted molar refractivity (Wildman–Crippen MR) is 107 cm³/mol. The SMILES string of the molecule is CC(C)C(NC(=O)C(CO)NC(=O)C(Cc1cnc[nH]1)NC(=O)C(N)C(C)O)C(=O)O. The van der Waals surface area contributed by atoms with Crippen molar-refractivity contribution in [2.75, 3.05) is 6.61 Å². The third kappa shape index (κ3) is 7.96. The number of H-pyrrole nitrogens is 1. The lowest BCUT2D eigenvalue weighted by molar-refractivity contribution is -0.143. The lowest BCUT2D eigenvalue weighted by Gasteiger charge is -2.25. The predicted octanol–water partition coefficient (Wildman–Crippen LogP) is -3.15. The van der Waals surface area contributed by atoms with E-state index in [0.717, 1.165) is 0 Å². The summed E-state index contributed by atoms with van der Waals surface area (Å²) < 4.78 is 0. The molecular weight excluding hydrogens is 412 g/mol. The molecule has 0 aliphatic rings. The molecule has 1 heterocycles. The number of aromatic amines is 1. The molecule has 9 N–H and O–H groups in total. The molecule has 0 spiro atoms. The van der Waals surface area contributed by atoms with Gasteiger partial charge in [-0.1, -0.05) is 13.8 Å². The average Bonchev–Trinajstić information content (AvgIpc) is 3.20. The van der Waals surface area contributed by atoms with E-state index in [2.05, 4.69) is 25.9 Å². The number of aromatic nitrogens is 2. The number of aliphatic carboxylic acids is 1. The highest BCUT2D eigenvalue weighted by atomic mass is 16.4. The van der Waals surface area contributed by atoms with Crippen molar-refractivity contribution in [2.24, 2.45) is 11.7 Å². The number of carbonyl (C=O) groups excluding carboxylic acids is 3. The molecule has 13 nitrogen and oxygen atoms in total. The van der Waals surface area contributed by atoms with Crippen molar-refractivity contribution in [3.05, 3.63) is 18.2 Å². The lowest BCUT2D eigenvalue weighted by atomic mass is 10.0. The second kappa shape index (κ2) is 12.0. The monoisotopic (exact) mass is 442 g/mol. The number of nitrogens with two attached hydrogens (primary N) is 1. The van der Waals surface area contributed by atoms with E-state index >= 15 is 0 Å². The number of rotatable bonds is 12. The molecule has 174 valence electrons. The zero-order chi connectivity index (χ0) is 23.7. The maximum absolute atomic E-state index is 12.8. The van der Waals surface area contributed by atoms with E-state index in [-0.39, 0.29) is 6.42 Å². The van der Waals surface area contributed by atoms with Crippen molar-refractivity contribution in [3.8, 4) is 0 Å². The van der Waals surface area contributed by atoms with Gasteiger partial charge in [0.2, 0.25) is 17.7 Å². The van der Waals surface area contributed by atoms with Gasteiger partial charge in [-0.2, -0.15) is 0 Å². The molecule has 13 heteroatoms. The molecule has 3 amide bonds. The molecule has 0 saturated carbocycles. The van der Waals surface area contributed by atoms with Crippen LogP contribution in [0.25, 0.3) is 0 Å². The molecule has 5 unspecified atom stereocenters. The van der Waals surface area contributed by atoms with Gasteiger partial charge in [0.05, 0.1) is 19.0 Å². The van der Waals surface area contributed by atoms with Crippen molar-refractivity contribution >= 4 is 23.7 Å². The van der Waals surface area contributed by atoms with E-state index in [4.69, 9.17) is 5.73 Å². The van der Waals surface area contributed by atoms with Gasteiger partial charge in [0.15, 0.2) is 0 Å². The first-order chi connectivity index (χ1) is 14.5. The summed E-state index contributed by atoms with van der Waals surface area (Å²) in [6.07, 6.45) is 1.58. The zero-order valence-corrected chi connectivity index (χ0v) is 17.5. The van der Waals surface area contributed by atoms with Crippen LogP contribution in [-0.2, 0) is 25.6 Å². The number of carboxylic acids is 1. The number of amides is 3. The fraction of sp³-hybridized carbons (Fsp3) is 0.611. The van der Waals surface area contributed by atoms with Crippen LogP contribution in [0, 0.1) is 5.92 Å². The minimum Gasteiger partial charge on any atom is -0.480 e. The number of aliphatic hydroxyl groups is 2. The Hall–Kier alpha value is -3.03. The fourth-order valence-corrected chi connectivity index (χ4v) is 2.55. The van der Waals surface area contributed by atoms with Gasteiger partial charge in [-0.15, -0.1) is 0 Å². The first kappa shape index (κ1) is 26.0. The molecule has 1 aromatic heterocycles. The summed E-state index contributed by atoms with van der Waals surface area (Å²) in [6.45, 7) is 3.69. The largest absolute Gasteiger partial charge is 0.480 e. The number of aliphatic hydroxyl groups excluding tert-OH is 2. The summed E-state index contributed by atoms with van der Waals surface area (Å²) in [5, 5.41) is 35.2. The molecule has 0 aliphatic carbocycles. The highest BCUT2D eigenvalue weighted by Gasteiger charge is 2.31. The van der Waals surface area contributed by atoms with Gasteiger partial charge in [0.25, 0.3) is 0 Å². The van der Waals surface area contributed by atoms with E-state index in [0.29, 0.717) is 5.69 Å². The summed E-state index contributed by atoms with van der Waals surface area (Å²) >= 11 is 0. The van der Waals surface area contributed by atoms with Gasteiger partial charge >= 0.3 is 5.97 Å². The van der Waals surface area contributed by atoms with Crippen LogP contribution in [0.3, 0.4) is 0 Å².